The third-order valence-corrected chi connectivity index (χ3v) is 21.2. The first-order valence-corrected chi connectivity index (χ1v) is 19.0. The summed E-state index contributed by atoms with van der Waals surface area (Å²) in [5, 5.41) is 10.3. The molecular formula is C35H52N2Si2. The molecule has 1 rings (SSSR count). The molecule has 0 spiro atoms. The molecule has 0 heterocycles. The smallest absolute Gasteiger partial charge is 0.146 e. The Hall–Kier alpha value is -2.64. The van der Waals surface area contributed by atoms with Crippen LogP contribution in [0.2, 0.25) is 33.2 Å². The third kappa shape index (κ3) is 7.95. The summed E-state index contributed by atoms with van der Waals surface area (Å²) in [5.74, 6) is 13.5. The quantitative estimate of drug-likeness (QED) is 0.190. The molecule has 210 valence electrons. The van der Waals surface area contributed by atoms with E-state index < -0.39 is 16.1 Å². The summed E-state index contributed by atoms with van der Waals surface area (Å²) in [4.78, 5) is 2.07. The number of allylic oxidation sites excluding steroid dienone is 2. The van der Waals surface area contributed by atoms with Crippen molar-refractivity contribution >= 4 is 21.8 Å². The van der Waals surface area contributed by atoms with E-state index in [0.29, 0.717) is 44.4 Å². The van der Waals surface area contributed by atoms with Crippen LogP contribution >= 0.6 is 0 Å². The number of hydrogen-bond acceptors (Lipinski definition) is 2. The first-order chi connectivity index (χ1) is 18.1. The Morgan fingerprint density at radius 1 is 0.590 bits per heavy atom. The average Bonchev–Trinajstić information content (AvgIpc) is 2.83. The van der Waals surface area contributed by atoms with Crippen LogP contribution in [0, 0.1) is 46.1 Å². The van der Waals surface area contributed by atoms with Crippen LogP contribution in [0.1, 0.15) is 88.6 Å². The van der Waals surface area contributed by atoms with E-state index in [1.807, 2.05) is 26.2 Å². The third-order valence-electron chi connectivity index (χ3n) is 8.62. The van der Waals surface area contributed by atoms with Crippen LogP contribution < -0.4 is 4.90 Å². The highest BCUT2D eigenvalue weighted by Gasteiger charge is 2.42. The molecule has 0 bridgehead atoms. The monoisotopic (exact) mass is 556 g/mol. The van der Waals surface area contributed by atoms with Crippen molar-refractivity contribution < 1.29 is 0 Å². The van der Waals surface area contributed by atoms with E-state index in [0.717, 1.165) is 11.3 Å². The van der Waals surface area contributed by atoms with E-state index >= 15 is 0 Å². The molecule has 0 radical (unpaired) electrons. The lowest BCUT2D eigenvalue weighted by molar-refractivity contribution is 0.838. The lowest BCUT2D eigenvalue weighted by atomic mass is 10.1. The highest BCUT2D eigenvalue weighted by atomic mass is 28.3. The van der Waals surface area contributed by atoms with Gasteiger partial charge >= 0.3 is 0 Å². The lowest BCUT2D eigenvalue weighted by Crippen LogP contribution is -2.43. The summed E-state index contributed by atoms with van der Waals surface area (Å²) in [6, 6.07) is 10.6. The maximum atomic E-state index is 10.3. The van der Waals surface area contributed by atoms with Crippen molar-refractivity contribution in [1.29, 1.82) is 5.26 Å². The Bertz CT molecular complexity index is 1180. The van der Waals surface area contributed by atoms with Gasteiger partial charge in [0.25, 0.3) is 0 Å². The van der Waals surface area contributed by atoms with Crippen molar-refractivity contribution in [2.24, 2.45) is 0 Å². The van der Waals surface area contributed by atoms with Gasteiger partial charge in [0.05, 0.1) is 0 Å². The van der Waals surface area contributed by atoms with E-state index in [9.17, 15) is 5.26 Å². The highest BCUT2D eigenvalue weighted by Crippen LogP contribution is 2.42. The van der Waals surface area contributed by atoms with Crippen molar-refractivity contribution in [2.75, 3.05) is 19.0 Å². The van der Waals surface area contributed by atoms with Gasteiger partial charge in [-0.2, -0.15) is 5.26 Å². The Balaban J connectivity index is 4.00. The summed E-state index contributed by atoms with van der Waals surface area (Å²) in [6.45, 7) is 27.6. The first kappa shape index (κ1) is 34.4. The van der Waals surface area contributed by atoms with Crippen molar-refractivity contribution in [2.45, 2.75) is 116 Å². The van der Waals surface area contributed by atoms with Crippen LogP contribution in [0.25, 0.3) is 0 Å². The molecule has 1 aromatic carbocycles. The fourth-order valence-corrected chi connectivity index (χ4v) is 16.9. The lowest BCUT2D eigenvalue weighted by Gasteiger charge is -2.38. The molecule has 0 unspecified atom stereocenters. The van der Waals surface area contributed by atoms with Gasteiger partial charge in [-0.1, -0.05) is 107 Å². The summed E-state index contributed by atoms with van der Waals surface area (Å²) in [7, 11) is 0.0353. The fourth-order valence-electron chi connectivity index (χ4n) is 6.49. The molecule has 1 aromatic rings. The predicted octanol–water partition coefficient (Wildman–Crippen LogP) is 9.37. The minimum Gasteiger partial charge on any atom is -0.378 e. The van der Waals surface area contributed by atoms with Gasteiger partial charge in [0, 0.05) is 25.3 Å². The average molecular weight is 557 g/mol. The topological polar surface area (TPSA) is 27.0 Å². The highest BCUT2D eigenvalue weighted by molar-refractivity contribution is 6.91. The maximum Gasteiger partial charge on any atom is 0.146 e. The zero-order valence-electron chi connectivity index (χ0n) is 27.2. The number of hydrogen-bond donors (Lipinski definition) is 0. The summed E-state index contributed by atoms with van der Waals surface area (Å²) >= 11 is 0. The molecule has 0 atom stereocenters. The molecule has 0 saturated carbocycles. The molecular weight excluding hydrogens is 505 g/mol. The van der Waals surface area contributed by atoms with E-state index in [1.165, 1.54) is 0 Å². The molecule has 4 heteroatoms. The van der Waals surface area contributed by atoms with Gasteiger partial charge < -0.3 is 4.90 Å². The second-order valence-corrected chi connectivity index (χ2v) is 24.0. The number of anilines is 1. The van der Waals surface area contributed by atoms with Crippen molar-refractivity contribution in [1.82, 2.24) is 0 Å². The second kappa shape index (κ2) is 14.7. The fraction of sp³-hybridized carbons (Fsp3) is 0.571. The van der Waals surface area contributed by atoms with E-state index in [2.05, 4.69) is 141 Å². The van der Waals surface area contributed by atoms with E-state index in [4.69, 9.17) is 0 Å². The van der Waals surface area contributed by atoms with Gasteiger partial charge in [-0.3, -0.25) is 0 Å². The number of nitriles is 1. The zero-order valence-corrected chi connectivity index (χ0v) is 29.2. The normalized spacial score (nSPS) is 12.5. The standard InChI is InChI=1S/C35H52N2Si2/c1-26(2)38(27(3)4,28(5)6)23-21-33(18-15-32-16-19-35(20-17-32)37(13)14)34(25-36)22-24-39(29(7)8,30(9)10)31(11)12/h16-17,19-20,26-31H,1-14H3/b34-33-. The Kier molecular flexibility index (Phi) is 12.9. The van der Waals surface area contributed by atoms with Crippen LogP contribution in [0.15, 0.2) is 35.4 Å². The summed E-state index contributed by atoms with van der Waals surface area (Å²) in [5.41, 5.74) is 13.5. The van der Waals surface area contributed by atoms with Crippen molar-refractivity contribution in [3.63, 3.8) is 0 Å². The largest absolute Gasteiger partial charge is 0.378 e. The molecule has 0 aliphatic carbocycles. The predicted molar refractivity (Wildman–Crippen MR) is 178 cm³/mol. The molecule has 0 saturated heterocycles. The molecule has 0 N–H and O–H groups in total. The van der Waals surface area contributed by atoms with Crippen LogP contribution in [0.5, 0.6) is 0 Å². The van der Waals surface area contributed by atoms with Crippen LogP contribution in [0.3, 0.4) is 0 Å². The first-order valence-electron chi connectivity index (χ1n) is 14.6. The Morgan fingerprint density at radius 3 is 1.26 bits per heavy atom. The van der Waals surface area contributed by atoms with Gasteiger partial charge in [0.15, 0.2) is 0 Å². The molecule has 0 aliphatic heterocycles. The van der Waals surface area contributed by atoms with Gasteiger partial charge in [-0.05, 0) is 57.5 Å². The molecule has 0 amide bonds. The molecule has 2 nitrogen and oxygen atoms in total. The SMILES string of the molecule is CC(C)[Si](C#C/C(C#N)=C(\C#Cc1ccc(N(C)C)cc1)C#C[Si](C(C)C)(C(C)C)C(C)C)(C(C)C)C(C)C. The molecule has 0 aliphatic rings. The summed E-state index contributed by atoms with van der Waals surface area (Å²) < 4.78 is 0. The minimum atomic E-state index is -2.01. The van der Waals surface area contributed by atoms with Crippen molar-refractivity contribution in [3.05, 3.63) is 41.0 Å². The zero-order chi connectivity index (χ0) is 30.1. The van der Waals surface area contributed by atoms with E-state index in [-0.39, 0.29) is 0 Å². The number of benzene rings is 1. The number of rotatable bonds is 7. The van der Waals surface area contributed by atoms with Gasteiger partial charge in [0.2, 0.25) is 0 Å². The van der Waals surface area contributed by atoms with Crippen LogP contribution in [-0.2, 0) is 0 Å². The summed E-state index contributed by atoms with van der Waals surface area (Å²) in [6.07, 6.45) is 0. The van der Waals surface area contributed by atoms with Gasteiger partial charge in [-0.25, -0.2) is 0 Å². The minimum absolute atomic E-state index is 0.415. The molecule has 39 heavy (non-hydrogen) atoms. The van der Waals surface area contributed by atoms with Gasteiger partial charge in [0.1, 0.15) is 33.4 Å². The van der Waals surface area contributed by atoms with Gasteiger partial charge in [-0.15, -0.1) is 11.1 Å². The molecule has 0 fully saturated rings. The Morgan fingerprint density at radius 2 is 0.949 bits per heavy atom. The maximum absolute atomic E-state index is 10.3. The second-order valence-electron chi connectivity index (χ2n) is 12.8. The Labute approximate surface area is 243 Å². The van der Waals surface area contributed by atoms with Crippen LogP contribution in [-0.4, -0.2) is 30.2 Å². The van der Waals surface area contributed by atoms with Crippen molar-refractivity contribution in [3.8, 4) is 40.8 Å². The number of nitrogens with zero attached hydrogens (tertiary/aromatic N) is 2. The molecule has 0 aromatic heterocycles. The van der Waals surface area contributed by atoms with E-state index in [1.54, 1.807) is 0 Å². The van der Waals surface area contributed by atoms with Crippen LogP contribution in [0.4, 0.5) is 5.69 Å².